The van der Waals surface area contributed by atoms with E-state index >= 15 is 0 Å². The lowest BCUT2D eigenvalue weighted by Gasteiger charge is -2.41. The van der Waals surface area contributed by atoms with Crippen molar-refractivity contribution in [1.82, 2.24) is 4.98 Å². The Balaban J connectivity index is 1.76. The molecule has 1 aromatic heterocycles. The van der Waals surface area contributed by atoms with E-state index in [1.54, 1.807) is 18.9 Å². The van der Waals surface area contributed by atoms with Crippen molar-refractivity contribution in [2.45, 2.75) is 39.7 Å². The second-order valence-electron chi connectivity index (χ2n) is 8.41. The summed E-state index contributed by atoms with van der Waals surface area (Å²) in [5.41, 5.74) is 3.16. The highest BCUT2D eigenvalue weighted by molar-refractivity contribution is 7.17. The van der Waals surface area contributed by atoms with Crippen LogP contribution in [-0.2, 0) is 9.59 Å². The van der Waals surface area contributed by atoms with Crippen LogP contribution in [-0.4, -0.2) is 29.7 Å². The van der Waals surface area contributed by atoms with Gasteiger partial charge in [-0.15, -0.1) is 0 Å². The standard InChI is InChI=1S/C26H27N3O4S/c1-15-9-11-18(12-10-15)29-22(31)14-13-20(23(29)19-7-5-6-8-21(19)33-4)25(32)28-26-27-16(2)24(34-26)17(3)30/h5-12,20,23H,13-14H2,1-4H3,(H,27,28,32)/t20-,23-/m1/s1. The molecular formula is C26H27N3O4S. The third kappa shape index (κ3) is 4.59. The van der Waals surface area contributed by atoms with Crippen LogP contribution in [0.25, 0.3) is 0 Å². The molecule has 1 aliphatic rings. The Morgan fingerprint density at radius 2 is 1.82 bits per heavy atom. The molecule has 1 fully saturated rings. The minimum absolute atomic E-state index is 0.0484. The van der Waals surface area contributed by atoms with Gasteiger partial charge in [0, 0.05) is 24.6 Å². The van der Waals surface area contributed by atoms with Crippen molar-refractivity contribution in [1.29, 1.82) is 0 Å². The number of hydrogen-bond donors (Lipinski definition) is 1. The number of benzene rings is 2. The monoisotopic (exact) mass is 477 g/mol. The summed E-state index contributed by atoms with van der Waals surface area (Å²) >= 11 is 1.17. The molecule has 2 amide bonds. The number of aromatic nitrogens is 1. The van der Waals surface area contributed by atoms with E-state index in [-0.39, 0.29) is 24.0 Å². The maximum absolute atomic E-state index is 13.6. The smallest absolute Gasteiger partial charge is 0.231 e. The lowest BCUT2D eigenvalue weighted by molar-refractivity contribution is -0.126. The molecule has 2 heterocycles. The second-order valence-corrected chi connectivity index (χ2v) is 9.41. The van der Waals surface area contributed by atoms with Crippen molar-refractivity contribution in [3.05, 3.63) is 70.2 Å². The summed E-state index contributed by atoms with van der Waals surface area (Å²) in [4.78, 5) is 45.2. The highest BCUT2D eigenvalue weighted by Crippen LogP contribution is 2.43. The summed E-state index contributed by atoms with van der Waals surface area (Å²) in [6.07, 6.45) is 0.632. The fourth-order valence-electron chi connectivity index (χ4n) is 4.42. The maximum Gasteiger partial charge on any atom is 0.231 e. The molecule has 176 valence electrons. The van der Waals surface area contributed by atoms with E-state index in [1.807, 2.05) is 55.5 Å². The number of nitrogens with zero attached hydrogens (tertiary/aromatic N) is 2. The van der Waals surface area contributed by atoms with Gasteiger partial charge in [0.25, 0.3) is 0 Å². The summed E-state index contributed by atoms with van der Waals surface area (Å²) in [5.74, 6) is -0.310. The van der Waals surface area contributed by atoms with Crippen LogP contribution < -0.4 is 15.0 Å². The normalized spacial score (nSPS) is 18.0. The number of piperidine rings is 1. The zero-order valence-electron chi connectivity index (χ0n) is 19.6. The van der Waals surface area contributed by atoms with Gasteiger partial charge in [-0.25, -0.2) is 4.98 Å². The summed E-state index contributed by atoms with van der Waals surface area (Å²) in [5, 5.41) is 3.28. The molecule has 0 bridgehead atoms. The highest BCUT2D eigenvalue weighted by Gasteiger charge is 2.42. The van der Waals surface area contributed by atoms with E-state index in [0.717, 1.165) is 16.8 Å². The fourth-order valence-corrected chi connectivity index (χ4v) is 5.28. The van der Waals surface area contributed by atoms with E-state index < -0.39 is 12.0 Å². The molecule has 7 nitrogen and oxygen atoms in total. The number of ether oxygens (including phenoxy) is 1. The molecule has 1 N–H and O–H groups in total. The number of nitrogens with one attached hydrogen (secondary N) is 1. The lowest BCUT2D eigenvalue weighted by atomic mass is 9.82. The Morgan fingerprint density at radius 3 is 2.47 bits per heavy atom. The van der Waals surface area contributed by atoms with E-state index in [0.29, 0.717) is 27.9 Å². The predicted octanol–water partition coefficient (Wildman–Crippen LogP) is 5.09. The van der Waals surface area contributed by atoms with Gasteiger partial charge >= 0.3 is 0 Å². The zero-order valence-corrected chi connectivity index (χ0v) is 20.4. The van der Waals surface area contributed by atoms with Gasteiger partial charge < -0.3 is 15.0 Å². The summed E-state index contributed by atoms with van der Waals surface area (Å²) in [6, 6.07) is 14.6. The molecule has 1 saturated heterocycles. The number of para-hydroxylation sites is 1. The van der Waals surface area contributed by atoms with Crippen LogP contribution in [0.3, 0.4) is 0 Å². The number of methoxy groups -OCH3 is 1. The molecule has 4 rings (SSSR count). The average Bonchev–Trinajstić information content (AvgIpc) is 3.19. The molecule has 3 aromatic rings. The third-order valence-electron chi connectivity index (χ3n) is 6.05. The molecule has 8 heteroatoms. The van der Waals surface area contributed by atoms with Crippen molar-refractivity contribution >= 4 is 39.8 Å². The lowest BCUT2D eigenvalue weighted by Crippen LogP contribution is -2.47. The first-order valence-electron chi connectivity index (χ1n) is 11.1. The Morgan fingerprint density at radius 1 is 1.12 bits per heavy atom. The van der Waals surface area contributed by atoms with Crippen LogP contribution in [0.1, 0.15) is 52.3 Å². The largest absolute Gasteiger partial charge is 0.496 e. The molecule has 1 aliphatic heterocycles. The van der Waals surface area contributed by atoms with Crippen LogP contribution in [0.5, 0.6) is 5.75 Å². The predicted molar refractivity (Wildman–Crippen MR) is 133 cm³/mol. The van der Waals surface area contributed by atoms with Gasteiger partial charge in [0.05, 0.1) is 29.6 Å². The second kappa shape index (κ2) is 9.77. The molecule has 2 atom stereocenters. The Kier molecular flexibility index (Phi) is 6.79. The van der Waals surface area contributed by atoms with Gasteiger partial charge in [0.1, 0.15) is 5.75 Å². The third-order valence-corrected chi connectivity index (χ3v) is 7.22. The molecule has 0 radical (unpaired) electrons. The number of thiazole rings is 1. The van der Waals surface area contributed by atoms with Crippen molar-refractivity contribution in [3.8, 4) is 5.75 Å². The van der Waals surface area contributed by atoms with Crippen molar-refractivity contribution in [2.24, 2.45) is 5.92 Å². The van der Waals surface area contributed by atoms with Gasteiger partial charge in [-0.2, -0.15) is 0 Å². The minimum Gasteiger partial charge on any atom is -0.496 e. The SMILES string of the molecule is COc1ccccc1[C@@H]1[C@H](C(=O)Nc2nc(C)c(C(C)=O)s2)CCC(=O)N1c1ccc(C)cc1. The number of Topliss-reactive ketones (excluding diaryl/α,β-unsaturated/α-hetero) is 1. The van der Waals surface area contributed by atoms with E-state index in [1.165, 1.54) is 18.3 Å². The number of rotatable bonds is 6. The van der Waals surface area contributed by atoms with Gasteiger partial charge in [-0.05, 0) is 38.5 Å². The number of aryl methyl sites for hydroxylation is 2. The number of amides is 2. The van der Waals surface area contributed by atoms with Crippen LogP contribution in [0.15, 0.2) is 48.5 Å². The molecule has 0 unspecified atom stereocenters. The van der Waals surface area contributed by atoms with E-state index in [9.17, 15) is 14.4 Å². The maximum atomic E-state index is 13.6. The quantitative estimate of drug-likeness (QED) is 0.500. The molecule has 0 aliphatic carbocycles. The summed E-state index contributed by atoms with van der Waals surface area (Å²) in [7, 11) is 1.58. The van der Waals surface area contributed by atoms with Gasteiger partial charge in [-0.1, -0.05) is 47.2 Å². The van der Waals surface area contributed by atoms with Crippen LogP contribution in [0.2, 0.25) is 0 Å². The fraction of sp³-hybridized carbons (Fsp3) is 0.308. The van der Waals surface area contributed by atoms with Crippen molar-refractivity contribution in [3.63, 3.8) is 0 Å². The average molecular weight is 478 g/mol. The molecule has 34 heavy (non-hydrogen) atoms. The Hall–Kier alpha value is -3.52. The number of carbonyl (C=O) groups excluding carboxylic acids is 3. The van der Waals surface area contributed by atoms with Crippen molar-refractivity contribution < 1.29 is 19.1 Å². The number of hydrogen-bond acceptors (Lipinski definition) is 6. The molecule has 2 aromatic carbocycles. The van der Waals surface area contributed by atoms with E-state index in [2.05, 4.69) is 10.3 Å². The van der Waals surface area contributed by atoms with Gasteiger partial charge in [-0.3, -0.25) is 14.4 Å². The Labute approximate surface area is 202 Å². The molecular weight excluding hydrogens is 450 g/mol. The molecule has 0 spiro atoms. The summed E-state index contributed by atoms with van der Waals surface area (Å²) < 4.78 is 5.61. The number of anilines is 2. The zero-order chi connectivity index (χ0) is 24.4. The first-order chi connectivity index (χ1) is 16.3. The highest BCUT2D eigenvalue weighted by atomic mass is 32.1. The van der Waals surface area contributed by atoms with Crippen LogP contribution in [0, 0.1) is 19.8 Å². The summed E-state index contributed by atoms with van der Waals surface area (Å²) in [6.45, 7) is 5.22. The number of carbonyl (C=O) groups is 3. The number of ketones is 1. The van der Waals surface area contributed by atoms with Crippen LogP contribution in [0.4, 0.5) is 10.8 Å². The van der Waals surface area contributed by atoms with Gasteiger partial charge in [0.15, 0.2) is 10.9 Å². The Bertz CT molecular complexity index is 1240. The van der Waals surface area contributed by atoms with Crippen molar-refractivity contribution in [2.75, 3.05) is 17.3 Å². The van der Waals surface area contributed by atoms with Gasteiger partial charge in [0.2, 0.25) is 11.8 Å². The molecule has 0 saturated carbocycles. The first-order valence-corrected chi connectivity index (χ1v) is 11.9. The van der Waals surface area contributed by atoms with E-state index in [4.69, 9.17) is 4.74 Å². The minimum atomic E-state index is -0.562. The first kappa shape index (κ1) is 23.6. The topological polar surface area (TPSA) is 88.6 Å². The van der Waals surface area contributed by atoms with Crippen LogP contribution >= 0.6 is 11.3 Å².